The summed E-state index contributed by atoms with van der Waals surface area (Å²) in [5.74, 6) is 0. The highest BCUT2D eigenvalue weighted by Crippen LogP contribution is 2.34. The fraction of sp³-hybridized carbons (Fsp3) is 0.733. The molecular formula is C15H26ClNS. The summed E-state index contributed by atoms with van der Waals surface area (Å²) in [5, 5.41) is 6.71. The van der Waals surface area contributed by atoms with Crippen LogP contribution in [0, 0.1) is 6.92 Å². The van der Waals surface area contributed by atoms with E-state index in [1.165, 1.54) is 49.0 Å². The molecule has 0 bridgehead atoms. The highest BCUT2D eigenvalue weighted by molar-refractivity contribution is 7.10. The molecule has 0 aromatic carbocycles. The van der Waals surface area contributed by atoms with E-state index >= 15 is 0 Å². The molecule has 0 aliphatic carbocycles. The molecular weight excluding hydrogens is 262 g/mol. The lowest BCUT2D eigenvalue weighted by Crippen LogP contribution is -2.20. The van der Waals surface area contributed by atoms with Crippen molar-refractivity contribution in [1.82, 2.24) is 5.32 Å². The quantitative estimate of drug-likeness (QED) is 0.573. The smallest absolute Gasteiger partial charge is 0.0590 e. The summed E-state index contributed by atoms with van der Waals surface area (Å²) < 4.78 is 0. The Kier molecular flexibility index (Phi) is 7.96. The van der Waals surface area contributed by atoms with Crippen molar-refractivity contribution in [3.63, 3.8) is 0 Å². The van der Waals surface area contributed by atoms with Crippen LogP contribution in [0.1, 0.15) is 68.9 Å². The van der Waals surface area contributed by atoms with Gasteiger partial charge in [0.25, 0.3) is 0 Å². The fourth-order valence-electron chi connectivity index (χ4n) is 2.21. The van der Waals surface area contributed by atoms with Gasteiger partial charge in [-0.05, 0) is 30.8 Å². The molecule has 0 saturated carbocycles. The van der Waals surface area contributed by atoms with Gasteiger partial charge in [0.2, 0.25) is 0 Å². The Morgan fingerprint density at radius 1 is 1.22 bits per heavy atom. The average Bonchev–Trinajstić information content (AvgIpc) is 2.69. The first-order valence-corrected chi connectivity index (χ1v) is 8.43. The molecule has 1 heterocycles. The molecule has 0 radical (unpaired) electrons. The van der Waals surface area contributed by atoms with Crippen molar-refractivity contribution in [2.75, 3.05) is 6.54 Å². The molecule has 0 spiro atoms. The maximum atomic E-state index is 6.37. The first-order valence-electron chi connectivity index (χ1n) is 7.17. The topological polar surface area (TPSA) is 12.0 Å². The van der Waals surface area contributed by atoms with E-state index in [-0.39, 0.29) is 0 Å². The van der Waals surface area contributed by atoms with E-state index in [0.717, 1.165) is 11.6 Å². The number of hydrogen-bond acceptors (Lipinski definition) is 2. The maximum absolute atomic E-state index is 6.37. The van der Waals surface area contributed by atoms with Gasteiger partial charge < -0.3 is 5.32 Å². The van der Waals surface area contributed by atoms with Gasteiger partial charge in [-0.25, -0.2) is 0 Å². The first-order chi connectivity index (χ1) is 8.70. The van der Waals surface area contributed by atoms with E-state index in [0.29, 0.717) is 6.04 Å². The Balaban J connectivity index is 2.47. The normalized spacial score (nSPS) is 12.9. The van der Waals surface area contributed by atoms with Crippen LogP contribution in [0.4, 0.5) is 0 Å². The number of hydrogen-bond donors (Lipinski definition) is 1. The maximum Gasteiger partial charge on any atom is 0.0590 e. The molecule has 1 aromatic heterocycles. The first kappa shape index (κ1) is 16.0. The van der Waals surface area contributed by atoms with Crippen molar-refractivity contribution in [2.24, 2.45) is 0 Å². The van der Waals surface area contributed by atoms with Gasteiger partial charge in [-0.1, -0.05) is 57.6 Å². The zero-order valence-corrected chi connectivity index (χ0v) is 13.5. The van der Waals surface area contributed by atoms with Crippen LogP contribution in [0.3, 0.4) is 0 Å². The largest absolute Gasteiger partial charge is 0.309 e. The van der Waals surface area contributed by atoms with Crippen LogP contribution >= 0.6 is 22.9 Å². The van der Waals surface area contributed by atoms with Gasteiger partial charge in [0.05, 0.1) is 5.02 Å². The number of unbranched alkanes of at least 4 members (excludes halogenated alkanes) is 4. The Morgan fingerprint density at radius 2 is 1.94 bits per heavy atom. The second kappa shape index (κ2) is 8.95. The number of aryl methyl sites for hydroxylation is 1. The molecule has 1 nitrogen and oxygen atoms in total. The van der Waals surface area contributed by atoms with Crippen molar-refractivity contribution in [1.29, 1.82) is 0 Å². The van der Waals surface area contributed by atoms with E-state index in [2.05, 4.69) is 31.5 Å². The number of thiophene rings is 1. The van der Waals surface area contributed by atoms with Crippen molar-refractivity contribution >= 4 is 22.9 Å². The SMILES string of the molecule is CCCCCCCC(NCC)c1scc(C)c1Cl. The molecule has 0 aliphatic rings. The molecule has 0 saturated heterocycles. The third-order valence-electron chi connectivity index (χ3n) is 3.29. The van der Waals surface area contributed by atoms with Crippen LogP contribution in [-0.2, 0) is 0 Å². The fourth-order valence-corrected chi connectivity index (χ4v) is 3.65. The van der Waals surface area contributed by atoms with Gasteiger partial charge in [0.15, 0.2) is 0 Å². The predicted molar refractivity (Wildman–Crippen MR) is 83.9 cm³/mol. The van der Waals surface area contributed by atoms with Crippen molar-refractivity contribution in [3.8, 4) is 0 Å². The molecule has 0 amide bonds. The van der Waals surface area contributed by atoms with Crippen LogP contribution in [-0.4, -0.2) is 6.54 Å². The zero-order valence-electron chi connectivity index (χ0n) is 11.9. The summed E-state index contributed by atoms with van der Waals surface area (Å²) in [4.78, 5) is 1.33. The summed E-state index contributed by atoms with van der Waals surface area (Å²) in [6.45, 7) is 7.52. The second-order valence-electron chi connectivity index (χ2n) is 4.91. The summed E-state index contributed by atoms with van der Waals surface area (Å²) in [6, 6.07) is 0.447. The Hall–Kier alpha value is -0.0500. The molecule has 18 heavy (non-hydrogen) atoms. The van der Waals surface area contributed by atoms with Gasteiger partial charge in [0.1, 0.15) is 0 Å². The second-order valence-corrected chi connectivity index (χ2v) is 6.20. The third kappa shape index (κ3) is 4.91. The third-order valence-corrected chi connectivity index (χ3v) is 5.12. The number of nitrogens with one attached hydrogen (secondary N) is 1. The van der Waals surface area contributed by atoms with E-state index in [1.807, 2.05) is 0 Å². The summed E-state index contributed by atoms with van der Waals surface area (Å²) in [6.07, 6.45) is 7.89. The summed E-state index contributed by atoms with van der Waals surface area (Å²) >= 11 is 8.17. The molecule has 1 aromatic rings. The van der Waals surface area contributed by atoms with Gasteiger partial charge in [-0.3, -0.25) is 0 Å². The van der Waals surface area contributed by atoms with Crippen LogP contribution in [0.5, 0.6) is 0 Å². The molecule has 1 rings (SSSR count). The molecule has 104 valence electrons. The van der Waals surface area contributed by atoms with E-state index in [1.54, 1.807) is 11.3 Å². The Labute approximate surface area is 121 Å². The van der Waals surface area contributed by atoms with Crippen LogP contribution in [0.2, 0.25) is 5.02 Å². The molecule has 0 aliphatic heterocycles. The lowest BCUT2D eigenvalue weighted by Gasteiger charge is -2.17. The molecule has 1 atom stereocenters. The molecule has 1 unspecified atom stereocenters. The summed E-state index contributed by atoms with van der Waals surface area (Å²) in [7, 11) is 0. The standard InChI is InChI=1S/C15H26ClNS/c1-4-6-7-8-9-10-13(17-5-2)15-14(16)12(3)11-18-15/h11,13,17H,4-10H2,1-3H3. The van der Waals surface area contributed by atoms with E-state index in [4.69, 9.17) is 11.6 Å². The van der Waals surface area contributed by atoms with Gasteiger partial charge >= 0.3 is 0 Å². The highest BCUT2D eigenvalue weighted by atomic mass is 35.5. The lowest BCUT2D eigenvalue weighted by molar-refractivity contribution is 0.484. The number of rotatable bonds is 9. The molecule has 0 fully saturated rings. The van der Waals surface area contributed by atoms with Crippen molar-refractivity contribution in [2.45, 2.75) is 65.3 Å². The number of halogens is 1. The minimum atomic E-state index is 0.447. The molecule has 1 N–H and O–H groups in total. The van der Waals surface area contributed by atoms with Crippen molar-refractivity contribution < 1.29 is 0 Å². The predicted octanol–water partition coefficient (Wildman–Crippen LogP) is 5.72. The van der Waals surface area contributed by atoms with E-state index in [9.17, 15) is 0 Å². The van der Waals surface area contributed by atoms with E-state index < -0.39 is 0 Å². The van der Waals surface area contributed by atoms with Crippen LogP contribution < -0.4 is 5.32 Å². The summed E-state index contributed by atoms with van der Waals surface area (Å²) in [5.41, 5.74) is 1.21. The lowest BCUT2D eigenvalue weighted by atomic mass is 10.0. The zero-order chi connectivity index (χ0) is 13.4. The van der Waals surface area contributed by atoms with Crippen molar-refractivity contribution in [3.05, 3.63) is 20.8 Å². The Morgan fingerprint density at radius 3 is 2.50 bits per heavy atom. The van der Waals surface area contributed by atoms with Crippen LogP contribution in [0.15, 0.2) is 5.38 Å². The molecule has 3 heteroatoms. The van der Waals surface area contributed by atoms with Gasteiger partial charge in [-0.2, -0.15) is 0 Å². The minimum Gasteiger partial charge on any atom is -0.309 e. The van der Waals surface area contributed by atoms with Gasteiger partial charge in [0, 0.05) is 10.9 Å². The minimum absolute atomic E-state index is 0.447. The Bertz CT molecular complexity index is 335. The highest BCUT2D eigenvalue weighted by Gasteiger charge is 2.16. The van der Waals surface area contributed by atoms with Gasteiger partial charge in [-0.15, -0.1) is 11.3 Å². The monoisotopic (exact) mass is 287 g/mol. The van der Waals surface area contributed by atoms with Crippen LogP contribution in [0.25, 0.3) is 0 Å². The average molecular weight is 288 g/mol.